The second-order valence-electron chi connectivity index (χ2n) is 3.00. The molecule has 2 aliphatic heterocycles. The fourth-order valence-electron chi connectivity index (χ4n) is 1.51. The lowest BCUT2D eigenvalue weighted by molar-refractivity contribution is -0.150. The van der Waals surface area contributed by atoms with Crippen molar-refractivity contribution in [3.05, 3.63) is 11.1 Å². The van der Waals surface area contributed by atoms with Gasteiger partial charge in [-0.3, -0.25) is 4.79 Å². The predicted molar refractivity (Wildman–Crippen MR) is 52.6 cm³/mol. The Labute approximate surface area is 90.2 Å². The van der Waals surface area contributed by atoms with E-state index >= 15 is 0 Å². The van der Waals surface area contributed by atoms with Gasteiger partial charge >= 0.3 is 5.97 Å². The average Bonchev–Trinajstić information content (AvgIpc) is 2.16. The minimum Gasteiger partial charge on any atom is -0.445 e. The normalized spacial score (nSPS) is 24.9. The smallest absolute Gasteiger partial charge is 0.356 e. The van der Waals surface area contributed by atoms with Crippen LogP contribution in [-0.2, 0) is 14.3 Å². The molecule has 2 aliphatic rings. The number of carbonyl (C=O) groups excluding carboxylic acids is 2. The van der Waals surface area contributed by atoms with Crippen molar-refractivity contribution in [1.82, 2.24) is 4.90 Å². The molecule has 1 unspecified atom stereocenters. The molecule has 0 spiro atoms. The summed E-state index contributed by atoms with van der Waals surface area (Å²) in [6, 6.07) is -0.0246. The average molecular weight is 234 g/mol. The highest BCUT2D eigenvalue weighted by Gasteiger charge is 2.42. The molecule has 2 heterocycles. The number of alkyl halides is 1. The molecule has 0 aromatic rings. The molecular weight excluding hydrogens is 226 g/mol. The number of carbonyl (C=O) groups is 2. The van der Waals surface area contributed by atoms with Crippen molar-refractivity contribution in [3.63, 3.8) is 0 Å². The highest BCUT2D eigenvalue weighted by Crippen LogP contribution is 2.33. The van der Waals surface area contributed by atoms with Gasteiger partial charge in [-0.25, -0.2) is 4.79 Å². The Morgan fingerprint density at radius 3 is 3.21 bits per heavy atom. The second kappa shape index (κ2) is 3.82. The fraction of sp³-hybridized carbons (Fsp3) is 0.500. The molecule has 0 aromatic heterocycles. The molecule has 0 bridgehead atoms. The third-order valence-electron chi connectivity index (χ3n) is 2.18. The summed E-state index contributed by atoms with van der Waals surface area (Å²) in [6.45, 7) is 0. The third-order valence-corrected chi connectivity index (χ3v) is 3.26. The number of thioether (sulfide) groups is 1. The highest BCUT2D eigenvalue weighted by molar-refractivity contribution is 8.02. The molecule has 76 valence electrons. The number of β-lactam (4-membered cyclic amide) rings is 1. The quantitative estimate of drug-likeness (QED) is 0.404. The van der Waals surface area contributed by atoms with Gasteiger partial charge in [-0.1, -0.05) is 11.6 Å². The molecule has 2 rings (SSSR count). The molecular formula is C8H8ClNO3S. The van der Waals surface area contributed by atoms with Crippen LogP contribution in [0.2, 0.25) is 0 Å². The first-order chi connectivity index (χ1) is 6.74. The van der Waals surface area contributed by atoms with Gasteiger partial charge in [-0.15, -0.1) is 11.8 Å². The molecule has 1 fully saturated rings. The maximum atomic E-state index is 11.4. The fourth-order valence-corrected chi connectivity index (χ4v) is 2.56. The second-order valence-corrected chi connectivity index (χ2v) is 4.12. The van der Waals surface area contributed by atoms with Crippen molar-refractivity contribution in [1.29, 1.82) is 0 Å². The first kappa shape index (κ1) is 9.86. The number of hydrogen-bond acceptors (Lipinski definition) is 4. The number of ether oxygens (including phenoxy) is 1. The summed E-state index contributed by atoms with van der Waals surface area (Å²) in [7, 11) is 0. The lowest BCUT2D eigenvalue weighted by Crippen LogP contribution is -2.55. The molecule has 0 N–H and O–H groups in total. The summed E-state index contributed by atoms with van der Waals surface area (Å²) in [6.07, 6.45) is 0.526. The van der Waals surface area contributed by atoms with Crippen LogP contribution >= 0.6 is 23.4 Å². The van der Waals surface area contributed by atoms with E-state index in [1.54, 1.807) is 5.41 Å². The van der Waals surface area contributed by atoms with Crippen LogP contribution in [-0.4, -0.2) is 34.6 Å². The van der Waals surface area contributed by atoms with Gasteiger partial charge in [0.2, 0.25) is 5.91 Å². The van der Waals surface area contributed by atoms with Crippen LogP contribution in [0.1, 0.15) is 6.42 Å². The zero-order chi connectivity index (χ0) is 10.1. The molecule has 14 heavy (non-hydrogen) atoms. The molecule has 1 amide bonds. The van der Waals surface area contributed by atoms with E-state index in [-0.39, 0.29) is 18.0 Å². The van der Waals surface area contributed by atoms with E-state index in [1.165, 1.54) is 16.7 Å². The topological polar surface area (TPSA) is 46.6 Å². The van der Waals surface area contributed by atoms with Crippen LogP contribution < -0.4 is 0 Å². The van der Waals surface area contributed by atoms with E-state index in [1.807, 2.05) is 0 Å². The molecule has 4 nitrogen and oxygen atoms in total. The lowest BCUT2D eigenvalue weighted by atomic mass is 10.0. The summed E-state index contributed by atoms with van der Waals surface area (Å²) >= 11 is 6.80. The zero-order valence-corrected chi connectivity index (χ0v) is 8.81. The Kier molecular flexibility index (Phi) is 2.69. The molecule has 0 radical (unpaired) electrons. The van der Waals surface area contributed by atoms with Gasteiger partial charge in [0, 0.05) is 17.6 Å². The number of halogens is 1. The summed E-state index contributed by atoms with van der Waals surface area (Å²) < 4.78 is 4.63. The van der Waals surface area contributed by atoms with E-state index in [4.69, 9.17) is 11.6 Å². The molecule has 0 aromatic carbocycles. The predicted octanol–water partition coefficient (Wildman–Crippen LogP) is 0.915. The lowest BCUT2D eigenvalue weighted by Gasteiger charge is -2.42. The Morgan fingerprint density at radius 2 is 2.57 bits per heavy atom. The third kappa shape index (κ3) is 1.50. The van der Waals surface area contributed by atoms with Crippen LogP contribution in [0.15, 0.2) is 11.1 Å². The van der Waals surface area contributed by atoms with Gasteiger partial charge in [0.15, 0.2) is 6.07 Å². The molecule has 1 saturated heterocycles. The molecule has 6 heteroatoms. The zero-order valence-electron chi connectivity index (χ0n) is 7.23. The summed E-state index contributed by atoms with van der Waals surface area (Å²) in [4.78, 5) is 24.1. The van der Waals surface area contributed by atoms with Gasteiger partial charge in [-0.05, 0) is 0 Å². The summed E-state index contributed by atoms with van der Waals surface area (Å²) in [5.74, 6) is 0.307. The van der Waals surface area contributed by atoms with Crippen LogP contribution in [0.4, 0.5) is 0 Å². The van der Waals surface area contributed by atoms with E-state index in [2.05, 4.69) is 4.74 Å². The number of nitrogens with zero attached hydrogens (tertiary/aromatic N) is 1. The Hall–Kier alpha value is -0.680. The van der Waals surface area contributed by atoms with Gasteiger partial charge in [-0.2, -0.15) is 0 Å². The molecule has 0 saturated carbocycles. The molecule has 1 atom stereocenters. The van der Waals surface area contributed by atoms with E-state index in [0.717, 1.165) is 5.75 Å². The largest absolute Gasteiger partial charge is 0.445 e. The Morgan fingerprint density at radius 1 is 1.79 bits per heavy atom. The molecule has 0 aliphatic carbocycles. The van der Waals surface area contributed by atoms with Crippen molar-refractivity contribution in [2.45, 2.75) is 12.5 Å². The minimum atomic E-state index is -0.523. The van der Waals surface area contributed by atoms with Crippen LogP contribution in [0, 0.1) is 0 Å². The van der Waals surface area contributed by atoms with E-state index in [0.29, 0.717) is 12.1 Å². The van der Waals surface area contributed by atoms with Gasteiger partial charge in [0.1, 0.15) is 5.70 Å². The van der Waals surface area contributed by atoms with Crippen molar-refractivity contribution >= 4 is 35.2 Å². The first-order valence-electron chi connectivity index (χ1n) is 4.11. The number of rotatable bonds is 2. The van der Waals surface area contributed by atoms with Crippen LogP contribution in [0.3, 0.4) is 0 Å². The van der Waals surface area contributed by atoms with Gasteiger partial charge < -0.3 is 9.64 Å². The maximum Gasteiger partial charge on any atom is 0.356 e. The van der Waals surface area contributed by atoms with E-state index < -0.39 is 5.97 Å². The van der Waals surface area contributed by atoms with Crippen molar-refractivity contribution in [2.24, 2.45) is 0 Å². The van der Waals surface area contributed by atoms with Crippen LogP contribution in [0.25, 0.3) is 0 Å². The highest BCUT2D eigenvalue weighted by atomic mass is 35.5. The van der Waals surface area contributed by atoms with Gasteiger partial charge in [0.05, 0.1) is 6.04 Å². The van der Waals surface area contributed by atoms with Crippen molar-refractivity contribution in [3.8, 4) is 0 Å². The number of amides is 1. The first-order valence-corrected chi connectivity index (χ1v) is 5.69. The number of hydrogen-bond donors (Lipinski definition) is 0. The van der Waals surface area contributed by atoms with Crippen LogP contribution in [0.5, 0.6) is 0 Å². The summed E-state index contributed by atoms with van der Waals surface area (Å²) in [5, 5.41) is 1.66. The SMILES string of the molecule is O=C(OCCl)C1=CSCC2CC(=O)N12. The number of esters is 1. The Balaban J connectivity index is 2.13. The number of fused-ring (bicyclic) bond motifs is 1. The van der Waals surface area contributed by atoms with E-state index in [9.17, 15) is 9.59 Å². The standard InChI is InChI=1S/C8H8ClNO3S/c9-4-13-8(12)6-3-14-2-5-1-7(11)10(5)6/h3,5H,1-2,4H2. The van der Waals surface area contributed by atoms with Crippen molar-refractivity contribution < 1.29 is 14.3 Å². The maximum absolute atomic E-state index is 11.4. The Bertz CT molecular complexity index is 318. The van der Waals surface area contributed by atoms with Gasteiger partial charge in [0.25, 0.3) is 0 Å². The van der Waals surface area contributed by atoms with Crippen molar-refractivity contribution in [2.75, 3.05) is 11.8 Å². The summed E-state index contributed by atoms with van der Waals surface area (Å²) in [5.41, 5.74) is 0.322. The minimum absolute atomic E-state index is 0.0203. The monoisotopic (exact) mass is 233 g/mol.